The van der Waals surface area contributed by atoms with E-state index in [2.05, 4.69) is 100 Å². The number of allylic oxidation sites excluding steroid dienone is 1. The average molecular weight is 594 g/mol. The zero-order valence-electron chi connectivity index (χ0n) is 26.4. The summed E-state index contributed by atoms with van der Waals surface area (Å²) in [7, 11) is 0.594. The molecule has 6 heteroatoms. The van der Waals surface area contributed by atoms with Crippen molar-refractivity contribution in [1.29, 1.82) is 0 Å². The highest BCUT2D eigenvalue weighted by molar-refractivity contribution is 6.99. The molecule has 0 fully saturated rings. The number of methoxy groups -OCH3 is 1. The first kappa shape index (κ1) is 30.6. The first-order valence-electron chi connectivity index (χ1n) is 14.9. The Balaban J connectivity index is 1.56. The van der Waals surface area contributed by atoms with Crippen LogP contribution in [0.2, 0.25) is 5.04 Å². The van der Waals surface area contributed by atoms with Gasteiger partial charge in [-0.25, -0.2) is 4.79 Å². The minimum atomic E-state index is -2.78. The molecular formula is C37H43NO4Si. The van der Waals surface area contributed by atoms with Crippen molar-refractivity contribution in [3.8, 4) is 0 Å². The monoisotopic (exact) mass is 593 g/mol. The first-order chi connectivity index (χ1) is 20.3. The molecule has 0 saturated carbocycles. The fraction of sp³-hybridized carbons (Fsp3) is 0.324. The van der Waals surface area contributed by atoms with Crippen LogP contribution in [0.3, 0.4) is 0 Å². The Labute approximate surface area is 256 Å². The van der Waals surface area contributed by atoms with Gasteiger partial charge < -0.3 is 18.8 Å². The van der Waals surface area contributed by atoms with Gasteiger partial charge in [0.2, 0.25) is 0 Å². The summed E-state index contributed by atoms with van der Waals surface area (Å²) < 4.78 is 14.5. The van der Waals surface area contributed by atoms with E-state index in [9.17, 15) is 9.90 Å². The maximum absolute atomic E-state index is 13.2. The molecule has 0 bridgehead atoms. The van der Waals surface area contributed by atoms with E-state index in [0.717, 1.165) is 22.0 Å². The van der Waals surface area contributed by atoms with E-state index in [1.165, 1.54) is 17.5 Å². The van der Waals surface area contributed by atoms with E-state index in [1.807, 2.05) is 37.4 Å². The third kappa shape index (κ3) is 5.06. The molecule has 43 heavy (non-hydrogen) atoms. The fourth-order valence-electron chi connectivity index (χ4n) is 6.97. The van der Waals surface area contributed by atoms with E-state index < -0.39 is 25.6 Å². The Morgan fingerprint density at radius 2 is 1.56 bits per heavy atom. The second-order valence-corrected chi connectivity index (χ2v) is 17.6. The van der Waals surface area contributed by atoms with Gasteiger partial charge in [0.1, 0.15) is 11.3 Å². The summed E-state index contributed by atoms with van der Waals surface area (Å²) in [5.41, 5.74) is 3.34. The van der Waals surface area contributed by atoms with Crippen LogP contribution >= 0.6 is 0 Å². The molecule has 0 amide bonds. The molecule has 5 rings (SSSR count). The van der Waals surface area contributed by atoms with Crippen molar-refractivity contribution in [2.45, 2.75) is 51.5 Å². The summed E-state index contributed by atoms with van der Waals surface area (Å²) in [4.78, 5) is 13.2. The molecule has 0 aliphatic heterocycles. The number of aliphatic hydroxyl groups excluding tert-OH is 1. The number of benzene rings is 3. The number of aliphatic hydroxyl groups is 1. The van der Waals surface area contributed by atoms with E-state index in [1.54, 1.807) is 0 Å². The lowest BCUT2D eigenvalue weighted by Gasteiger charge is -2.43. The molecule has 5 nitrogen and oxygen atoms in total. The summed E-state index contributed by atoms with van der Waals surface area (Å²) >= 11 is 0. The highest BCUT2D eigenvalue weighted by atomic mass is 28.4. The van der Waals surface area contributed by atoms with Crippen molar-refractivity contribution in [3.05, 3.63) is 114 Å². The van der Waals surface area contributed by atoms with Gasteiger partial charge in [-0.1, -0.05) is 120 Å². The molecule has 1 aliphatic carbocycles. The van der Waals surface area contributed by atoms with Crippen LogP contribution in [0.1, 0.15) is 52.2 Å². The van der Waals surface area contributed by atoms with Crippen LogP contribution in [-0.4, -0.2) is 37.7 Å². The van der Waals surface area contributed by atoms with Crippen LogP contribution < -0.4 is 10.4 Å². The average Bonchev–Trinajstić information content (AvgIpc) is 3.31. The van der Waals surface area contributed by atoms with Crippen molar-refractivity contribution in [2.24, 2.45) is 13.0 Å². The number of hydrogen-bond acceptors (Lipinski definition) is 4. The van der Waals surface area contributed by atoms with Gasteiger partial charge in [-0.15, -0.1) is 0 Å². The van der Waals surface area contributed by atoms with Crippen LogP contribution in [0.4, 0.5) is 0 Å². The normalized spacial score (nSPS) is 16.7. The summed E-state index contributed by atoms with van der Waals surface area (Å²) in [6.45, 7) is 15.9. The van der Waals surface area contributed by atoms with Crippen molar-refractivity contribution >= 4 is 41.1 Å². The maximum Gasteiger partial charge on any atom is 0.341 e. The molecule has 1 unspecified atom stereocenters. The van der Waals surface area contributed by atoms with Crippen LogP contribution in [0.15, 0.2) is 103 Å². The molecule has 1 heterocycles. The van der Waals surface area contributed by atoms with Gasteiger partial charge in [-0.3, -0.25) is 0 Å². The lowest BCUT2D eigenvalue weighted by atomic mass is 9.70. The first-order valence-corrected chi connectivity index (χ1v) is 16.8. The SMILES string of the molecule is C=C(CO[Si](c1ccccc1)(c1ccccc1)C(C)(C)C)CC1C(O)=C(C(=O)OC)c2cccc3c2c(cn3C)C1(C)C. The fourth-order valence-corrected chi connectivity index (χ4v) is 11.5. The molecule has 0 saturated heterocycles. The van der Waals surface area contributed by atoms with Crippen LogP contribution in [-0.2, 0) is 26.4 Å². The van der Waals surface area contributed by atoms with Crippen LogP contribution in [0.25, 0.3) is 16.5 Å². The molecule has 1 N–H and O–H groups in total. The van der Waals surface area contributed by atoms with E-state index in [-0.39, 0.29) is 16.4 Å². The number of carbonyl (C=O) groups is 1. The molecule has 1 atom stereocenters. The minimum Gasteiger partial charge on any atom is -0.511 e. The quantitative estimate of drug-likeness (QED) is 0.135. The van der Waals surface area contributed by atoms with Crippen LogP contribution in [0.5, 0.6) is 0 Å². The van der Waals surface area contributed by atoms with Gasteiger partial charge in [-0.05, 0) is 33.5 Å². The predicted octanol–water partition coefficient (Wildman–Crippen LogP) is 7.05. The lowest BCUT2D eigenvalue weighted by Crippen LogP contribution is -2.66. The number of aryl methyl sites for hydroxylation is 1. The Morgan fingerprint density at radius 1 is 0.977 bits per heavy atom. The molecule has 224 valence electrons. The van der Waals surface area contributed by atoms with Gasteiger partial charge >= 0.3 is 5.97 Å². The molecule has 3 aromatic carbocycles. The summed E-state index contributed by atoms with van der Waals surface area (Å²) in [5, 5.41) is 15.1. The highest BCUT2D eigenvalue weighted by Gasteiger charge is 2.50. The number of carbonyl (C=O) groups excluding carboxylic acids is 1. The van der Waals surface area contributed by atoms with Crippen LogP contribution in [0, 0.1) is 5.92 Å². The van der Waals surface area contributed by atoms with Crippen molar-refractivity contribution < 1.29 is 19.1 Å². The van der Waals surface area contributed by atoms with Gasteiger partial charge in [0.25, 0.3) is 8.32 Å². The Bertz CT molecular complexity index is 1650. The van der Waals surface area contributed by atoms with Gasteiger partial charge in [-0.2, -0.15) is 0 Å². The molecule has 4 aromatic rings. The number of ether oxygens (including phenoxy) is 1. The third-order valence-corrected chi connectivity index (χ3v) is 14.2. The Hall–Kier alpha value is -3.87. The summed E-state index contributed by atoms with van der Waals surface area (Å²) in [5.74, 6) is -0.929. The molecular weight excluding hydrogens is 550 g/mol. The van der Waals surface area contributed by atoms with Gasteiger partial charge in [0, 0.05) is 41.0 Å². The molecule has 1 aliphatic rings. The standard InChI is InChI=1S/C37H43NO4Si/c1-25(24-42-43(36(2,3)4,26-16-11-9-12-17-26)27-18-13-10-14-19-27)22-29-34(39)33(35(40)41-8)28-20-15-21-31-32(28)30(23-38(31)7)37(29,5)6/h9-21,23,29,39H,1,22,24H2,2-8H3. The van der Waals surface area contributed by atoms with Crippen molar-refractivity contribution in [2.75, 3.05) is 13.7 Å². The van der Waals surface area contributed by atoms with Gasteiger partial charge in [0.05, 0.1) is 13.7 Å². The predicted molar refractivity (Wildman–Crippen MR) is 178 cm³/mol. The van der Waals surface area contributed by atoms with Crippen molar-refractivity contribution in [3.63, 3.8) is 0 Å². The molecule has 1 aromatic heterocycles. The smallest absolute Gasteiger partial charge is 0.341 e. The van der Waals surface area contributed by atoms with Crippen molar-refractivity contribution in [1.82, 2.24) is 4.57 Å². The minimum absolute atomic E-state index is 0.0369. The number of rotatable bonds is 8. The number of nitrogens with zero attached hydrogens (tertiary/aromatic N) is 1. The largest absolute Gasteiger partial charge is 0.511 e. The second kappa shape index (κ2) is 11.3. The third-order valence-electron chi connectivity index (χ3n) is 9.23. The number of hydrogen-bond donors (Lipinski definition) is 1. The zero-order valence-corrected chi connectivity index (χ0v) is 27.4. The zero-order chi connectivity index (χ0) is 31.2. The molecule has 0 spiro atoms. The lowest BCUT2D eigenvalue weighted by molar-refractivity contribution is -0.133. The van der Waals surface area contributed by atoms with Gasteiger partial charge in [0.15, 0.2) is 0 Å². The van der Waals surface area contributed by atoms with E-state index in [0.29, 0.717) is 18.6 Å². The topological polar surface area (TPSA) is 60.7 Å². The highest BCUT2D eigenvalue weighted by Crippen LogP contribution is 2.49. The van der Waals surface area contributed by atoms with E-state index >= 15 is 0 Å². The Morgan fingerprint density at radius 3 is 2.09 bits per heavy atom. The Kier molecular flexibility index (Phi) is 8.05. The summed E-state index contributed by atoms with van der Waals surface area (Å²) in [6, 6.07) is 26.9. The number of esters is 1. The maximum atomic E-state index is 13.2. The second-order valence-electron chi connectivity index (χ2n) is 13.3. The molecule has 0 radical (unpaired) electrons. The summed E-state index contributed by atoms with van der Waals surface area (Å²) in [6.07, 6.45) is 2.57. The number of aromatic nitrogens is 1. The van der Waals surface area contributed by atoms with E-state index in [4.69, 9.17) is 9.16 Å².